The molecule has 128 valence electrons. The average Bonchev–Trinajstić information content (AvgIpc) is 2.36. The fraction of sp³-hybridized carbons (Fsp3) is 0.579. The summed E-state index contributed by atoms with van der Waals surface area (Å²) < 4.78 is 0. The highest BCUT2D eigenvalue weighted by atomic mass is 16.2. The van der Waals surface area contributed by atoms with Gasteiger partial charge in [0.1, 0.15) is 0 Å². The Hall–Kier alpha value is -1.84. The van der Waals surface area contributed by atoms with Crippen molar-refractivity contribution in [1.29, 1.82) is 0 Å². The molecule has 0 saturated heterocycles. The van der Waals surface area contributed by atoms with Crippen LogP contribution in [0.1, 0.15) is 65.9 Å². The van der Waals surface area contributed by atoms with Crippen LogP contribution in [0.4, 0.5) is 5.69 Å². The van der Waals surface area contributed by atoms with Crippen molar-refractivity contribution in [2.24, 2.45) is 5.92 Å². The van der Waals surface area contributed by atoms with E-state index in [1.54, 1.807) is 0 Å². The summed E-state index contributed by atoms with van der Waals surface area (Å²) in [6, 6.07) is 7.90. The van der Waals surface area contributed by atoms with Gasteiger partial charge in [0, 0.05) is 24.1 Å². The number of amides is 2. The summed E-state index contributed by atoms with van der Waals surface area (Å²) in [5.41, 5.74) is 1.80. The fourth-order valence-electron chi connectivity index (χ4n) is 2.34. The molecule has 0 aliphatic carbocycles. The van der Waals surface area contributed by atoms with E-state index in [9.17, 15) is 9.59 Å². The summed E-state index contributed by atoms with van der Waals surface area (Å²) in [5.74, 6) is 0.408. The Balaban J connectivity index is 2.45. The molecule has 1 rings (SSSR count). The maximum absolute atomic E-state index is 12.1. The molecular formula is C19H30N2O2. The molecule has 1 unspecified atom stereocenters. The normalized spacial score (nSPS) is 12.8. The minimum atomic E-state index is -0.239. The molecule has 0 fully saturated rings. The van der Waals surface area contributed by atoms with Crippen LogP contribution in [0.2, 0.25) is 0 Å². The van der Waals surface area contributed by atoms with Gasteiger partial charge in [0.25, 0.3) is 0 Å². The largest absolute Gasteiger partial charge is 0.352 e. The van der Waals surface area contributed by atoms with Crippen molar-refractivity contribution in [1.82, 2.24) is 5.32 Å². The van der Waals surface area contributed by atoms with E-state index in [1.807, 2.05) is 52.0 Å². The van der Waals surface area contributed by atoms with Crippen LogP contribution in [-0.4, -0.2) is 17.4 Å². The molecule has 4 nitrogen and oxygen atoms in total. The molecule has 23 heavy (non-hydrogen) atoms. The SMILES string of the molecule is CC(CC(=O)Nc1ccc(C(C)C)cc1)CC(=O)NC(C)(C)C. The van der Waals surface area contributed by atoms with Gasteiger partial charge < -0.3 is 10.6 Å². The topological polar surface area (TPSA) is 58.2 Å². The Morgan fingerprint density at radius 2 is 1.48 bits per heavy atom. The zero-order chi connectivity index (χ0) is 17.6. The molecule has 4 heteroatoms. The van der Waals surface area contributed by atoms with E-state index >= 15 is 0 Å². The van der Waals surface area contributed by atoms with Gasteiger partial charge in [-0.05, 0) is 50.3 Å². The number of hydrogen-bond acceptors (Lipinski definition) is 2. The van der Waals surface area contributed by atoms with Crippen LogP contribution in [0.3, 0.4) is 0 Å². The predicted octanol–water partition coefficient (Wildman–Crippen LogP) is 4.08. The zero-order valence-electron chi connectivity index (χ0n) is 15.2. The van der Waals surface area contributed by atoms with Crippen LogP contribution in [0.15, 0.2) is 24.3 Å². The Morgan fingerprint density at radius 1 is 0.957 bits per heavy atom. The third-order valence-corrected chi connectivity index (χ3v) is 3.44. The van der Waals surface area contributed by atoms with Gasteiger partial charge in [0.2, 0.25) is 11.8 Å². The van der Waals surface area contributed by atoms with E-state index in [0.29, 0.717) is 18.8 Å². The Kier molecular flexibility index (Phi) is 6.79. The quantitative estimate of drug-likeness (QED) is 0.830. The van der Waals surface area contributed by atoms with Gasteiger partial charge in [0.15, 0.2) is 0 Å². The Labute approximate surface area is 140 Å². The first-order valence-electron chi connectivity index (χ1n) is 8.27. The monoisotopic (exact) mass is 318 g/mol. The first kappa shape index (κ1) is 19.2. The summed E-state index contributed by atoms with van der Waals surface area (Å²) in [5, 5.41) is 5.81. The smallest absolute Gasteiger partial charge is 0.224 e. The fourth-order valence-corrected chi connectivity index (χ4v) is 2.34. The highest BCUT2D eigenvalue weighted by Gasteiger charge is 2.18. The van der Waals surface area contributed by atoms with E-state index in [0.717, 1.165) is 5.69 Å². The van der Waals surface area contributed by atoms with Gasteiger partial charge in [-0.2, -0.15) is 0 Å². The molecule has 0 spiro atoms. The summed E-state index contributed by atoms with van der Waals surface area (Å²) in [4.78, 5) is 23.9. The highest BCUT2D eigenvalue weighted by molar-refractivity contribution is 5.91. The summed E-state index contributed by atoms with van der Waals surface area (Å²) in [6.07, 6.45) is 0.695. The molecule has 0 aliphatic rings. The number of anilines is 1. The number of hydrogen-bond donors (Lipinski definition) is 2. The molecule has 1 aromatic carbocycles. The van der Waals surface area contributed by atoms with Crippen molar-refractivity contribution >= 4 is 17.5 Å². The minimum absolute atomic E-state index is 0.00675. The number of nitrogens with one attached hydrogen (secondary N) is 2. The molecule has 1 aromatic rings. The van der Waals surface area contributed by atoms with Crippen molar-refractivity contribution in [3.63, 3.8) is 0 Å². The third-order valence-electron chi connectivity index (χ3n) is 3.44. The highest BCUT2D eigenvalue weighted by Crippen LogP contribution is 2.18. The van der Waals surface area contributed by atoms with Gasteiger partial charge in [-0.15, -0.1) is 0 Å². The van der Waals surface area contributed by atoms with Crippen LogP contribution in [0, 0.1) is 5.92 Å². The van der Waals surface area contributed by atoms with Gasteiger partial charge >= 0.3 is 0 Å². The van der Waals surface area contributed by atoms with E-state index in [2.05, 4.69) is 24.5 Å². The van der Waals surface area contributed by atoms with Gasteiger partial charge in [-0.3, -0.25) is 9.59 Å². The van der Waals surface area contributed by atoms with E-state index < -0.39 is 0 Å². The molecule has 0 aliphatic heterocycles. The lowest BCUT2D eigenvalue weighted by molar-refractivity contribution is -0.123. The molecule has 0 heterocycles. The van der Waals surface area contributed by atoms with Crippen molar-refractivity contribution in [3.8, 4) is 0 Å². The lowest BCUT2D eigenvalue weighted by Gasteiger charge is -2.21. The van der Waals surface area contributed by atoms with E-state index in [-0.39, 0.29) is 23.3 Å². The summed E-state index contributed by atoms with van der Waals surface area (Å²) in [7, 11) is 0. The molecule has 0 bridgehead atoms. The van der Waals surface area contributed by atoms with Gasteiger partial charge in [0.05, 0.1) is 0 Å². The first-order valence-corrected chi connectivity index (χ1v) is 8.27. The Bertz CT molecular complexity index is 527. The molecule has 2 N–H and O–H groups in total. The van der Waals surface area contributed by atoms with Crippen molar-refractivity contribution in [2.75, 3.05) is 5.32 Å². The lowest BCUT2D eigenvalue weighted by atomic mass is 10.0. The molecular weight excluding hydrogens is 288 g/mol. The number of carbonyl (C=O) groups is 2. The first-order chi connectivity index (χ1) is 10.6. The molecule has 0 aromatic heterocycles. The maximum Gasteiger partial charge on any atom is 0.224 e. The van der Waals surface area contributed by atoms with Crippen molar-refractivity contribution in [2.45, 2.75) is 65.8 Å². The van der Waals surface area contributed by atoms with Crippen molar-refractivity contribution < 1.29 is 9.59 Å². The van der Waals surface area contributed by atoms with Crippen LogP contribution in [-0.2, 0) is 9.59 Å². The summed E-state index contributed by atoms with van der Waals surface area (Å²) >= 11 is 0. The number of benzene rings is 1. The second-order valence-corrected chi connectivity index (χ2v) is 7.64. The molecule has 1 atom stereocenters. The predicted molar refractivity (Wildman–Crippen MR) is 95.5 cm³/mol. The standard InChI is InChI=1S/C19H30N2O2/c1-13(2)15-7-9-16(10-8-15)20-17(22)11-14(3)12-18(23)21-19(4,5)6/h7-10,13-14H,11-12H2,1-6H3,(H,20,22)(H,21,23). The van der Waals surface area contributed by atoms with Gasteiger partial charge in [-0.25, -0.2) is 0 Å². The van der Waals surface area contributed by atoms with Crippen LogP contribution in [0.5, 0.6) is 0 Å². The van der Waals surface area contributed by atoms with Crippen LogP contribution >= 0.6 is 0 Å². The molecule has 0 saturated carbocycles. The van der Waals surface area contributed by atoms with Crippen LogP contribution in [0.25, 0.3) is 0 Å². The number of rotatable bonds is 6. The second kappa shape index (κ2) is 8.14. The maximum atomic E-state index is 12.1. The lowest BCUT2D eigenvalue weighted by Crippen LogP contribution is -2.41. The van der Waals surface area contributed by atoms with Gasteiger partial charge in [-0.1, -0.05) is 32.9 Å². The second-order valence-electron chi connectivity index (χ2n) is 7.64. The minimum Gasteiger partial charge on any atom is -0.352 e. The van der Waals surface area contributed by atoms with E-state index in [1.165, 1.54) is 5.56 Å². The van der Waals surface area contributed by atoms with Crippen LogP contribution < -0.4 is 10.6 Å². The summed E-state index contributed by atoms with van der Waals surface area (Å²) in [6.45, 7) is 12.0. The van der Waals surface area contributed by atoms with Crippen molar-refractivity contribution in [3.05, 3.63) is 29.8 Å². The Morgan fingerprint density at radius 3 is 1.96 bits per heavy atom. The molecule has 2 amide bonds. The third kappa shape index (κ3) is 7.82. The average molecular weight is 318 g/mol. The number of carbonyl (C=O) groups excluding carboxylic acids is 2. The zero-order valence-corrected chi connectivity index (χ0v) is 15.2. The van der Waals surface area contributed by atoms with E-state index in [4.69, 9.17) is 0 Å². The molecule has 0 radical (unpaired) electrons.